The first kappa shape index (κ1) is 11.7. The fraction of sp³-hybridized carbons (Fsp3) is 0.188. The first-order valence-corrected chi connectivity index (χ1v) is 6.14. The standard InChI is InChI=1S/C16H18N/c1-2-3-14-17(15-10-6-4-7-11-15)16-12-8-5-9-13-16/h4-14H,2-3H2,1H3. The van der Waals surface area contributed by atoms with Gasteiger partial charge in [0, 0.05) is 11.4 Å². The van der Waals surface area contributed by atoms with Gasteiger partial charge in [-0.25, -0.2) is 0 Å². The van der Waals surface area contributed by atoms with Crippen LogP contribution in [0.1, 0.15) is 19.8 Å². The molecule has 0 saturated carbocycles. The van der Waals surface area contributed by atoms with E-state index >= 15 is 0 Å². The van der Waals surface area contributed by atoms with E-state index in [9.17, 15) is 0 Å². The largest absolute Gasteiger partial charge is 0.336 e. The molecule has 0 saturated heterocycles. The number of hydrogen-bond acceptors (Lipinski definition) is 1. The SMILES string of the molecule is CCC[CH]N(c1ccccc1)c1ccccc1. The number of para-hydroxylation sites is 2. The lowest BCUT2D eigenvalue weighted by Gasteiger charge is -2.24. The monoisotopic (exact) mass is 224 g/mol. The van der Waals surface area contributed by atoms with Gasteiger partial charge in [0.2, 0.25) is 0 Å². The van der Waals surface area contributed by atoms with Crippen molar-refractivity contribution in [3.63, 3.8) is 0 Å². The van der Waals surface area contributed by atoms with Gasteiger partial charge in [-0.2, -0.15) is 0 Å². The minimum absolute atomic E-state index is 1.09. The highest BCUT2D eigenvalue weighted by molar-refractivity contribution is 5.64. The van der Waals surface area contributed by atoms with E-state index in [1.54, 1.807) is 0 Å². The van der Waals surface area contributed by atoms with Gasteiger partial charge in [0.15, 0.2) is 0 Å². The second-order valence-electron chi connectivity index (χ2n) is 4.01. The minimum Gasteiger partial charge on any atom is -0.336 e. The maximum Gasteiger partial charge on any atom is 0.0549 e. The van der Waals surface area contributed by atoms with Crippen LogP contribution in [0.5, 0.6) is 0 Å². The summed E-state index contributed by atoms with van der Waals surface area (Å²) in [6.07, 6.45) is 2.25. The quantitative estimate of drug-likeness (QED) is 0.706. The third-order valence-corrected chi connectivity index (χ3v) is 2.67. The molecule has 17 heavy (non-hydrogen) atoms. The van der Waals surface area contributed by atoms with Gasteiger partial charge in [-0.3, -0.25) is 0 Å². The number of nitrogens with zero attached hydrogens (tertiary/aromatic N) is 1. The second-order valence-corrected chi connectivity index (χ2v) is 4.01. The maximum absolute atomic E-state index is 2.25. The lowest BCUT2D eigenvalue weighted by molar-refractivity contribution is 0.869. The second kappa shape index (κ2) is 6.09. The molecule has 1 heteroatoms. The van der Waals surface area contributed by atoms with Crippen molar-refractivity contribution in [2.45, 2.75) is 19.8 Å². The van der Waals surface area contributed by atoms with Crippen molar-refractivity contribution < 1.29 is 0 Å². The van der Waals surface area contributed by atoms with Gasteiger partial charge in [0.25, 0.3) is 0 Å². The predicted octanol–water partition coefficient (Wildman–Crippen LogP) is 4.79. The topological polar surface area (TPSA) is 3.24 Å². The molecule has 0 aliphatic carbocycles. The lowest BCUT2D eigenvalue weighted by atomic mass is 10.2. The normalized spacial score (nSPS) is 10.2. The molecule has 2 rings (SSSR count). The van der Waals surface area contributed by atoms with E-state index in [0.29, 0.717) is 0 Å². The number of hydrogen-bond donors (Lipinski definition) is 0. The molecule has 0 aliphatic heterocycles. The molecule has 0 amide bonds. The predicted molar refractivity (Wildman–Crippen MR) is 74.2 cm³/mol. The molecule has 87 valence electrons. The van der Waals surface area contributed by atoms with E-state index in [2.05, 4.69) is 66.9 Å². The van der Waals surface area contributed by atoms with Gasteiger partial charge in [-0.05, 0) is 30.7 Å². The van der Waals surface area contributed by atoms with Crippen molar-refractivity contribution in [2.24, 2.45) is 0 Å². The van der Waals surface area contributed by atoms with Crippen LogP contribution in [0, 0.1) is 6.54 Å². The Labute approximate surface area is 104 Å². The van der Waals surface area contributed by atoms with Crippen LogP contribution < -0.4 is 4.90 Å². The third kappa shape index (κ3) is 3.10. The molecule has 1 nitrogen and oxygen atoms in total. The van der Waals surface area contributed by atoms with Crippen LogP contribution >= 0.6 is 0 Å². The molecular formula is C16H18N. The molecule has 0 N–H and O–H groups in total. The molecule has 0 spiro atoms. The van der Waals surface area contributed by atoms with Crippen LogP contribution in [0.2, 0.25) is 0 Å². The average Bonchev–Trinajstić information content (AvgIpc) is 2.42. The molecule has 2 aromatic rings. The van der Waals surface area contributed by atoms with Crippen molar-refractivity contribution in [1.82, 2.24) is 0 Å². The van der Waals surface area contributed by atoms with Crippen molar-refractivity contribution in [1.29, 1.82) is 0 Å². The molecule has 0 aromatic heterocycles. The summed E-state index contributed by atoms with van der Waals surface area (Å²) in [5, 5.41) is 0. The zero-order valence-corrected chi connectivity index (χ0v) is 10.2. The van der Waals surface area contributed by atoms with E-state index in [-0.39, 0.29) is 0 Å². The Morgan fingerprint density at radius 3 is 1.71 bits per heavy atom. The molecule has 2 aromatic carbocycles. The van der Waals surface area contributed by atoms with Gasteiger partial charge in [0.1, 0.15) is 0 Å². The first-order valence-electron chi connectivity index (χ1n) is 6.14. The number of anilines is 2. The van der Waals surface area contributed by atoms with Gasteiger partial charge < -0.3 is 4.90 Å². The van der Waals surface area contributed by atoms with Crippen LogP contribution in [0.3, 0.4) is 0 Å². The summed E-state index contributed by atoms with van der Waals surface area (Å²) < 4.78 is 0. The minimum atomic E-state index is 1.09. The Morgan fingerprint density at radius 2 is 1.29 bits per heavy atom. The Balaban J connectivity index is 2.26. The molecule has 0 bridgehead atoms. The van der Waals surface area contributed by atoms with E-state index < -0.39 is 0 Å². The van der Waals surface area contributed by atoms with E-state index in [1.165, 1.54) is 11.4 Å². The van der Waals surface area contributed by atoms with Crippen LogP contribution in [-0.4, -0.2) is 0 Å². The fourth-order valence-corrected chi connectivity index (χ4v) is 1.80. The molecule has 0 atom stereocenters. The number of rotatable bonds is 5. The van der Waals surface area contributed by atoms with E-state index in [4.69, 9.17) is 0 Å². The van der Waals surface area contributed by atoms with Crippen LogP contribution in [-0.2, 0) is 0 Å². The summed E-state index contributed by atoms with van der Waals surface area (Å²) in [5.74, 6) is 0. The molecule has 0 aliphatic rings. The number of benzene rings is 2. The highest BCUT2D eigenvalue weighted by atomic mass is 15.1. The zero-order valence-electron chi connectivity index (χ0n) is 10.2. The number of unbranched alkanes of at least 4 members (excludes halogenated alkanes) is 1. The molecule has 0 fully saturated rings. The van der Waals surface area contributed by atoms with Crippen molar-refractivity contribution in [2.75, 3.05) is 4.90 Å². The molecule has 0 unspecified atom stereocenters. The highest BCUT2D eigenvalue weighted by Crippen LogP contribution is 2.26. The fourth-order valence-electron chi connectivity index (χ4n) is 1.80. The average molecular weight is 224 g/mol. The van der Waals surface area contributed by atoms with Crippen LogP contribution in [0.4, 0.5) is 11.4 Å². The van der Waals surface area contributed by atoms with Gasteiger partial charge >= 0.3 is 0 Å². The van der Waals surface area contributed by atoms with Crippen molar-refractivity contribution >= 4 is 11.4 Å². The van der Waals surface area contributed by atoms with E-state index in [1.807, 2.05) is 12.1 Å². The van der Waals surface area contributed by atoms with Gasteiger partial charge in [-0.15, -0.1) is 0 Å². The Kier molecular flexibility index (Phi) is 4.20. The summed E-state index contributed by atoms with van der Waals surface area (Å²) in [6, 6.07) is 20.9. The smallest absolute Gasteiger partial charge is 0.0549 e. The maximum atomic E-state index is 2.25. The lowest BCUT2D eigenvalue weighted by Crippen LogP contribution is -2.12. The van der Waals surface area contributed by atoms with Crippen LogP contribution in [0.15, 0.2) is 60.7 Å². The summed E-state index contributed by atoms with van der Waals surface area (Å²) in [6.45, 7) is 4.45. The molecule has 0 heterocycles. The van der Waals surface area contributed by atoms with E-state index in [0.717, 1.165) is 12.8 Å². The van der Waals surface area contributed by atoms with Crippen molar-refractivity contribution in [3.05, 3.63) is 67.2 Å². The summed E-state index contributed by atoms with van der Waals surface area (Å²) in [4.78, 5) is 2.25. The zero-order chi connectivity index (χ0) is 11.9. The molecular weight excluding hydrogens is 206 g/mol. The summed E-state index contributed by atoms with van der Waals surface area (Å²) >= 11 is 0. The van der Waals surface area contributed by atoms with Crippen molar-refractivity contribution in [3.8, 4) is 0 Å². The Bertz CT molecular complexity index is 382. The Morgan fingerprint density at radius 1 is 0.824 bits per heavy atom. The van der Waals surface area contributed by atoms with Gasteiger partial charge in [0.05, 0.1) is 6.54 Å². The summed E-state index contributed by atoms with van der Waals surface area (Å²) in [7, 11) is 0. The third-order valence-electron chi connectivity index (χ3n) is 2.67. The Hall–Kier alpha value is -1.76. The van der Waals surface area contributed by atoms with Crippen LogP contribution in [0.25, 0.3) is 0 Å². The first-order chi connectivity index (χ1) is 8.42. The van der Waals surface area contributed by atoms with Gasteiger partial charge in [-0.1, -0.05) is 49.7 Å². The molecule has 1 radical (unpaired) electrons. The summed E-state index contributed by atoms with van der Waals surface area (Å²) in [5.41, 5.74) is 2.43. The highest BCUT2D eigenvalue weighted by Gasteiger charge is 2.07.